The van der Waals surface area contributed by atoms with Gasteiger partial charge in [-0.15, -0.1) is 0 Å². The number of benzene rings is 4. The van der Waals surface area contributed by atoms with Crippen molar-refractivity contribution in [2.45, 2.75) is 146 Å². The van der Waals surface area contributed by atoms with Crippen LogP contribution in [0.5, 0.6) is 23.0 Å². The van der Waals surface area contributed by atoms with Gasteiger partial charge in [0.25, 0.3) is 0 Å². The molecule has 4 aromatic carbocycles. The number of rotatable bonds is 17. The predicted molar refractivity (Wildman–Crippen MR) is 242 cm³/mol. The van der Waals surface area contributed by atoms with Crippen molar-refractivity contribution >= 4 is 45.4 Å². The molecule has 0 aliphatic heterocycles. The highest BCUT2D eigenvalue weighted by Crippen LogP contribution is 2.49. The van der Waals surface area contributed by atoms with E-state index in [9.17, 15) is 19.2 Å². The van der Waals surface area contributed by atoms with Crippen molar-refractivity contribution in [3.8, 4) is 23.0 Å². The van der Waals surface area contributed by atoms with Gasteiger partial charge in [0.1, 0.15) is 23.0 Å². The summed E-state index contributed by atoms with van der Waals surface area (Å²) >= 11 is 0. The fourth-order valence-corrected chi connectivity index (χ4v) is 8.44. The van der Waals surface area contributed by atoms with Crippen LogP contribution < -0.4 is 18.9 Å². The van der Waals surface area contributed by atoms with Gasteiger partial charge >= 0.3 is 23.9 Å². The second-order valence-electron chi connectivity index (χ2n) is 18.5. The Bertz CT molecular complexity index is 2320. The van der Waals surface area contributed by atoms with Gasteiger partial charge in [-0.3, -0.25) is 19.2 Å². The van der Waals surface area contributed by atoms with E-state index in [1.165, 1.54) is 25.0 Å². The quantitative estimate of drug-likeness (QED) is 0.0589. The SMILES string of the molecule is CC(=O)Oc1c(C)c(C(C)(C)C/C=C(\C)CC(C)C)c(OC(=O)CCC(=O)Oc2c(C)c(C(C)(C)C/C=C(\C)CC(C)C)c(OC(C)=O)c3ccccc23)c2ccccc12. The van der Waals surface area contributed by atoms with Crippen LogP contribution in [0.1, 0.15) is 144 Å². The molecule has 0 unspecified atom stereocenters. The molecule has 0 saturated carbocycles. The summed E-state index contributed by atoms with van der Waals surface area (Å²) < 4.78 is 24.2. The normalized spacial score (nSPS) is 12.7. The smallest absolute Gasteiger partial charge is 0.311 e. The zero-order chi connectivity index (χ0) is 44.7. The Kier molecular flexibility index (Phi) is 15.7. The Labute approximate surface area is 357 Å². The molecule has 8 nitrogen and oxygen atoms in total. The Morgan fingerprint density at radius 3 is 1.17 bits per heavy atom. The summed E-state index contributed by atoms with van der Waals surface area (Å²) in [5.41, 5.74) is 4.40. The van der Waals surface area contributed by atoms with Crippen LogP contribution in [-0.4, -0.2) is 23.9 Å². The topological polar surface area (TPSA) is 105 Å². The standard InChI is InChI=1S/C52H66O8/c1-31(2)29-33(5)25-27-51(11,12)45-36(8)48(40-20-16-17-21-41(40)49(45)58-38(10)54)59-43(55)23-24-44(56)60-50-42-22-18-15-19-39(42)47(57-37(9)53)35(7)46(50)52(13,14)28-26-34(6)30-32(3)4/h15-22,25-26,31-32H,23-24,27-30H2,1-14H3/b33-25+,34-26+. The van der Waals surface area contributed by atoms with Crippen LogP contribution in [0.3, 0.4) is 0 Å². The van der Waals surface area contributed by atoms with Crippen molar-refractivity contribution in [2.24, 2.45) is 11.8 Å². The summed E-state index contributed by atoms with van der Waals surface area (Å²) in [5.74, 6) is 0.548. The zero-order valence-corrected chi connectivity index (χ0v) is 38.4. The van der Waals surface area contributed by atoms with E-state index in [0.29, 0.717) is 80.3 Å². The third kappa shape index (κ3) is 11.7. The number of fused-ring (bicyclic) bond motifs is 2. The highest BCUT2D eigenvalue weighted by atomic mass is 16.6. The maximum atomic E-state index is 13.9. The highest BCUT2D eigenvalue weighted by Gasteiger charge is 2.34. The summed E-state index contributed by atoms with van der Waals surface area (Å²) in [6, 6.07) is 14.8. The molecule has 4 rings (SSSR count). The third-order valence-electron chi connectivity index (χ3n) is 10.9. The van der Waals surface area contributed by atoms with E-state index in [0.717, 1.165) is 24.0 Å². The fourth-order valence-electron chi connectivity index (χ4n) is 8.44. The first-order chi connectivity index (χ1) is 28.0. The van der Waals surface area contributed by atoms with Crippen molar-refractivity contribution < 1.29 is 38.1 Å². The lowest BCUT2D eigenvalue weighted by Gasteiger charge is -2.31. The van der Waals surface area contributed by atoms with E-state index in [1.807, 2.05) is 62.4 Å². The highest BCUT2D eigenvalue weighted by molar-refractivity contribution is 6.00. The summed E-state index contributed by atoms with van der Waals surface area (Å²) in [6.07, 6.45) is 7.22. The molecule has 0 fully saturated rings. The van der Waals surface area contributed by atoms with Crippen molar-refractivity contribution in [3.05, 3.63) is 94.1 Å². The number of allylic oxidation sites excluding steroid dienone is 4. The zero-order valence-electron chi connectivity index (χ0n) is 38.4. The number of carbonyl (C=O) groups excluding carboxylic acids is 4. The third-order valence-corrected chi connectivity index (χ3v) is 10.9. The van der Waals surface area contributed by atoms with Gasteiger partial charge in [0, 0.05) is 46.5 Å². The molecule has 0 amide bonds. The fraction of sp³-hybridized carbons (Fsp3) is 0.462. The van der Waals surface area contributed by atoms with Crippen LogP contribution >= 0.6 is 0 Å². The molecule has 0 N–H and O–H groups in total. The number of ether oxygens (including phenoxy) is 4. The van der Waals surface area contributed by atoms with Gasteiger partial charge < -0.3 is 18.9 Å². The molecule has 0 atom stereocenters. The molecule has 0 aliphatic carbocycles. The minimum absolute atomic E-state index is 0.244. The molecule has 322 valence electrons. The van der Waals surface area contributed by atoms with Gasteiger partial charge in [-0.25, -0.2) is 0 Å². The second-order valence-corrected chi connectivity index (χ2v) is 18.5. The summed E-state index contributed by atoms with van der Waals surface area (Å²) in [4.78, 5) is 52.5. The molecular weight excluding hydrogens is 753 g/mol. The molecule has 0 aromatic heterocycles. The van der Waals surface area contributed by atoms with Gasteiger partial charge in [0.15, 0.2) is 0 Å². The number of carbonyl (C=O) groups is 4. The van der Waals surface area contributed by atoms with E-state index in [-0.39, 0.29) is 12.8 Å². The van der Waals surface area contributed by atoms with Crippen LogP contribution in [0, 0.1) is 25.7 Å². The van der Waals surface area contributed by atoms with Crippen molar-refractivity contribution in [2.75, 3.05) is 0 Å². The Hall–Kier alpha value is -5.24. The largest absolute Gasteiger partial charge is 0.426 e. The predicted octanol–water partition coefficient (Wildman–Crippen LogP) is 13.1. The van der Waals surface area contributed by atoms with Crippen LogP contribution in [0.4, 0.5) is 0 Å². The van der Waals surface area contributed by atoms with Gasteiger partial charge in [0.05, 0.1) is 12.8 Å². The molecule has 0 spiro atoms. The molecule has 0 bridgehead atoms. The molecule has 0 heterocycles. The van der Waals surface area contributed by atoms with E-state index in [2.05, 4.69) is 81.4 Å². The van der Waals surface area contributed by atoms with E-state index in [1.54, 1.807) is 0 Å². The molecule has 0 aliphatic rings. The maximum Gasteiger partial charge on any atom is 0.311 e. The Morgan fingerprint density at radius 1 is 0.517 bits per heavy atom. The van der Waals surface area contributed by atoms with Gasteiger partial charge in [-0.2, -0.15) is 0 Å². The summed E-state index contributed by atoms with van der Waals surface area (Å²) in [7, 11) is 0. The lowest BCUT2D eigenvalue weighted by Crippen LogP contribution is -2.23. The van der Waals surface area contributed by atoms with Crippen LogP contribution in [0.25, 0.3) is 21.5 Å². The minimum Gasteiger partial charge on any atom is -0.426 e. The van der Waals surface area contributed by atoms with Crippen molar-refractivity contribution in [3.63, 3.8) is 0 Å². The van der Waals surface area contributed by atoms with Crippen LogP contribution in [0.15, 0.2) is 71.8 Å². The average molecular weight is 819 g/mol. The van der Waals surface area contributed by atoms with E-state index >= 15 is 0 Å². The van der Waals surface area contributed by atoms with Gasteiger partial charge in [0.2, 0.25) is 0 Å². The Balaban J connectivity index is 1.72. The maximum absolute atomic E-state index is 13.9. The monoisotopic (exact) mass is 818 g/mol. The van der Waals surface area contributed by atoms with Crippen LogP contribution in [-0.2, 0) is 30.0 Å². The number of hydrogen-bond donors (Lipinski definition) is 0. The first-order valence-corrected chi connectivity index (χ1v) is 21.2. The number of esters is 4. The molecule has 60 heavy (non-hydrogen) atoms. The minimum atomic E-state index is -0.602. The Morgan fingerprint density at radius 2 is 0.817 bits per heavy atom. The lowest BCUT2D eigenvalue weighted by atomic mass is 9.76. The average Bonchev–Trinajstić information content (AvgIpc) is 3.14. The second kappa shape index (κ2) is 19.9. The summed E-state index contributed by atoms with van der Waals surface area (Å²) in [6.45, 7) is 27.9. The van der Waals surface area contributed by atoms with E-state index in [4.69, 9.17) is 18.9 Å². The molecule has 4 aromatic rings. The summed E-state index contributed by atoms with van der Waals surface area (Å²) in [5, 5.41) is 2.53. The first kappa shape index (κ1) is 47.4. The van der Waals surface area contributed by atoms with Gasteiger partial charge in [-0.05, 0) is 87.2 Å². The molecular formula is C52H66O8. The van der Waals surface area contributed by atoms with Crippen molar-refractivity contribution in [1.29, 1.82) is 0 Å². The van der Waals surface area contributed by atoms with Crippen LogP contribution in [0.2, 0.25) is 0 Å². The van der Waals surface area contributed by atoms with Gasteiger partial charge in [-0.1, -0.05) is 127 Å². The first-order valence-electron chi connectivity index (χ1n) is 21.2. The van der Waals surface area contributed by atoms with E-state index < -0.39 is 34.7 Å². The molecule has 0 saturated heterocycles. The molecule has 0 radical (unpaired) electrons. The van der Waals surface area contributed by atoms with Crippen molar-refractivity contribution in [1.82, 2.24) is 0 Å². The molecule has 8 heteroatoms. The lowest BCUT2D eigenvalue weighted by molar-refractivity contribution is -0.140. The number of hydrogen-bond acceptors (Lipinski definition) is 8.